The maximum absolute atomic E-state index is 11.2. The summed E-state index contributed by atoms with van der Waals surface area (Å²) in [6, 6.07) is 8.24. The van der Waals surface area contributed by atoms with Crippen LogP contribution < -0.4 is 5.32 Å². The first-order valence-electron chi connectivity index (χ1n) is 7.38. The molecule has 2 heterocycles. The topological polar surface area (TPSA) is 81.2 Å². The largest absolute Gasteiger partial charge is 0.465 e. The molecule has 1 amide bonds. The number of amides is 1. The van der Waals surface area contributed by atoms with Crippen LogP contribution in [-0.4, -0.2) is 44.7 Å². The Morgan fingerprint density at radius 3 is 3.05 bits per heavy atom. The molecule has 0 aliphatic carbocycles. The standard InChI is InChI=1S/C15H20N4O2/c1-2-11-9-10(7-8-19(11)15(20)21)16-14-17-12-5-3-4-6-13(12)18-14/h3-6,10-11H,2,7-9H2,1H3,(H,20,21)(H2,16,17,18). The van der Waals surface area contributed by atoms with Crippen molar-refractivity contribution in [1.82, 2.24) is 14.9 Å². The van der Waals surface area contributed by atoms with E-state index >= 15 is 0 Å². The Balaban J connectivity index is 1.69. The Kier molecular flexibility index (Phi) is 3.68. The van der Waals surface area contributed by atoms with Crippen molar-refractivity contribution in [2.75, 3.05) is 11.9 Å². The number of rotatable bonds is 3. The van der Waals surface area contributed by atoms with E-state index in [4.69, 9.17) is 0 Å². The normalized spacial score (nSPS) is 22.4. The van der Waals surface area contributed by atoms with Crippen LogP contribution in [0.1, 0.15) is 26.2 Å². The van der Waals surface area contributed by atoms with Gasteiger partial charge in [0, 0.05) is 18.6 Å². The number of anilines is 1. The molecular weight excluding hydrogens is 268 g/mol. The van der Waals surface area contributed by atoms with E-state index in [9.17, 15) is 9.90 Å². The van der Waals surface area contributed by atoms with Gasteiger partial charge in [0.05, 0.1) is 11.0 Å². The minimum atomic E-state index is -0.816. The van der Waals surface area contributed by atoms with Crippen molar-refractivity contribution in [3.63, 3.8) is 0 Å². The van der Waals surface area contributed by atoms with E-state index < -0.39 is 6.09 Å². The van der Waals surface area contributed by atoms with Crippen molar-refractivity contribution >= 4 is 23.1 Å². The SMILES string of the molecule is CCC1CC(Nc2nc3ccccc3[nH]2)CCN1C(=O)O. The maximum atomic E-state index is 11.2. The van der Waals surface area contributed by atoms with Crippen LogP contribution >= 0.6 is 0 Å². The lowest BCUT2D eigenvalue weighted by atomic mass is 9.96. The van der Waals surface area contributed by atoms with E-state index in [2.05, 4.69) is 15.3 Å². The van der Waals surface area contributed by atoms with Gasteiger partial charge in [-0.15, -0.1) is 0 Å². The number of para-hydroxylation sites is 2. The molecule has 1 aromatic carbocycles. The molecule has 1 aromatic heterocycles. The van der Waals surface area contributed by atoms with Gasteiger partial charge in [0.2, 0.25) is 5.95 Å². The molecular formula is C15H20N4O2. The number of carboxylic acid groups (broad SMARTS) is 1. The summed E-state index contributed by atoms with van der Waals surface area (Å²) in [4.78, 5) is 20.5. The summed E-state index contributed by atoms with van der Waals surface area (Å²) >= 11 is 0. The number of imidazole rings is 1. The molecule has 0 radical (unpaired) electrons. The van der Waals surface area contributed by atoms with E-state index in [1.54, 1.807) is 4.90 Å². The Hall–Kier alpha value is -2.24. The van der Waals surface area contributed by atoms with Gasteiger partial charge in [-0.1, -0.05) is 19.1 Å². The number of aromatic amines is 1. The molecule has 1 aliphatic heterocycles. The van der Waals surface area contributed by atoms with Gasteiger partial charge in [-0.05, 0) is 31.4 Å². The first-order valence-corrected chi connectivity index (χ1v) is 7.38. The molecule has 1 fully saturated rings. The number of H-pyrrole nitrogens is 1. The molecule has 2 aromatic rings. The molecule has 6 nitrogen and oxygen atoms in total. The molecule has 112 valence electrons. The zero-order valence-electron chi connectivity index (χ0n) is 12.0. The van der Waals surface area contributed by atoms with Gasteiger partial charge >= 0.3 is 6.09 Å². The lowest BCUT2D eigenvalue weighted by Gasteiger charge is -2.37. The highest BCUT2D eigenvalue weighted by atomic mass is 16.4. The number of hydrogen-bond acceptors (Lipinski definition) is 3. The number of likely N-dealkylation sites (tertiary alicyclic amines) is 1. The Bertz CT molecular complexity index is 606. The minimum Gasteiger partial charge on any atom is -0.465 e. The summed E-state index contributed by atoms with van der Waals surface area (Å²) in [6.07, 6.45) is 1.65. The van der Waals surface area contributed by atoms with Crippen molar-refractivity contribution in [3.05, 3.63) is 24.3 Å². The van der Waals surface area contributed by atoms with Crippen LogP contribution in [0.15, 0.2) is 24.3 Å². The molecule has 6 heteroatoms. The fraction of sp³-hybridized carbons (Fsp3) is 0.467. The van der Waals surface area contributed by atoms with Crippen molar-refractivity contribution in [1.29, 1.82) is 0 Å². The molecule has 2 unspecified atom stereocenters. The van der Waals surface area contributed by atoms with Gasteiger partial charge in [-0.3, -0.25) is 0 Å². The average Bonchev–Trinajstić information content (AvgIpc) is 2.88. The van der Waals surface area contributed by atoms with E-state index in [1.165, 1.54) is 0 Å². The van der Waals surface area contributed by atoms with E-state index in [0.717, 1.165) is 36.2 Å². The van der Waals surface area contributed by atoms with E-state index in [-0.39, 0.29) is 12.1 Å². The number of benzene rings is 1. The quantitative estimate of drug-likeness (QED) is 0.811. The fourth-order valence-electron chi connectivity index (χ4n) is 3.04. The highest BCUT2D eigenvalue weighted by Gasteiger charge is 2.30. The van der Waals surface area contributed by atoms with Gasteiger partial charge in [-0.25, -0.2) is 9.78 Å². The van der Waals surface area contributed by atoms with E-state index in [1.807, 2.05) is 31.2 Å². The summed E-state index contributed by atoms with van der Waals surface area (Å²) in [5.74, 6) is 0.764. The number of carbonyl (C=O) groups is 1. The Morgan fingerprint density at radius 2 is 2.33 bits per heavy atom. The van der Waals surface area contributed by atoms with Gasteiger partial charge in [0.25, 0.3) is 0 Å². The highest BCUT2D eigenvalue weighted by Crippen LogP contribution is 2.23. The second-order valence-corrected chi connectivity index (χ2v) is 5.51. The fourth-order valence-corrected chi connectivity index (χ4v) is 3.04. The first-order chi connectivity index (χ1) is 10.2. The molecule has 0 spiro atoms. The van der Waals surface area contributed by atoms with Crippen LogP contribution in [0.4, 0.5) is 10.7 Å². The summed E-state index contributed by atoms with van der Waals surface area (Å²) in [7, 11) is 0. The minimum absolute atomic E-state index is 0.0816. The second kappa shape index (κ2) is 5.63. The lowest BCUT2D eigenvalue weighted by molar-refractivity contribution is 0.102. The van der Waals surface area contributed by atoms with Crippen LogP contribution in [-0.2, 0) is 0 Å². The molecule has 0 saturated carbocycles. The summed E-state index contributed by atoms with van der Waals surface area (Å²) < 4.78 is 0. The number of hydrogen-bond donors (Lipinski definition) is 3. The van der Waals surface area contributed by atoms with Crippen LogP contribution in [0.3, 0.4) is 0 Å². The third-order valence-corrected chi connectivity index (χ3v) is 4.16. The summed E-state index contributed by atoms with van der Waals surface area (Å²) in [5, 5.41) is 12.6. The van der Waals surface area contributed by atoms with E-state index in [0.29, 0.717) is 6.54 Å². The highest BCUT2D eigenvalue weighted by molar-refractivity contribution is 5.77. The number of nitrogens with one attached hydrogen (secondary N) is 2. The summed E-state index contributed by atoms with van der Waals surface area (Å²) in [6.45, 7) is 2.61. The van der Waals surface area contributed by atoms with Crippen LogP contribution in [0, 0.1) is 0 Å². The Labute approximate surface area is 123 Å². The molecule has 3 rings (SSSR count). The smallest absolute Gasteiger partial charge is 0.407 e. The average molecular weight is 288 g/mol. The number of fused-ring (bicyclic) bond motifs is 1. The zero-order chi connectivity index (χ0) is 14.8. The third kappa shape index (κ3) is 2.79. The predicted molar refractivity (Wildman–Crippen MR) is 81.5 cm³/mol. The number of piperidine rings is 1. The molecule has 21 heavy (non-hydrogen) atoms. The molecule has 1 aliphatic rings. The monoisotopic (exact) mass is 288 g/mol. The van der Waals surface area contributed by atoms with Crippen LogP contribution in [0.5, 0.6) is 0 Å². The third-order valence-electron chi connectivity index (χ3n) is 4.16. The van der Waals surface area contributed by atoms with Crippen LogP contribution in [0.25, 0.3) is 11.0 Å². The number of aromatic nitrogens is 2. The predicted octanol–water partition coefficient (Wildman–Crippen LogP) is 2.90. The van der Waals surface area contributed by atoms with Crippen molar-refractivity contribution in [2.45, 2.75) is 38.3 Å². The number of nitrogens with zero attached hydrogens (tertiary/aromatic N) is 2. The van der Waals surface area contributed by atoms with Crippen molar-refractivity contribution < 1.29 is 9.90 Å². The maximum Gasteiger partial charge on any atom is 0.407 e. The zero-order valence-corrected chi connectivity index (χ0v) is 12.0. The molecule has 3 N–H and O–H groups in total. The lowest BCUT2D eigenvalue weighted by Crippen LogP contribution is -2.48. The second-order valence-electron chi connectivity index (χ2n) is 5.51. The molecule has 1 saturated heterocycles. The van der Waals surface area contributed by atoms with Gasteiger partial charge in [0.15, 0.2) is 0 Å². The summed E-state index contributed by atoms with van der Waals surface area (Å²) in [5.41, 5.74) is 1.95. The Morgan fingerprint density at radius 1 is 1.52 bits per heavy atom. The molecule has 2 atom stereocenters. The van der Waals surface area contributed by atoms with Gasteiger partial charge < -0.3 is 20.3 Å². The van der Waals surface area contributed by atoms with Crippen molar-refractivity contribution in [2.24, 2.45) is 0 Å². The van der Waals surface area contributed by atoms with Crippen LogP contribution in [0.2, 0.25) is 0 Å². The molecule has 0 bridgehead atoms. The first kappa shape index (κ1) is 13.7. The van der Waals surface area contributed by atoms with Gasteiger partial charge in [0.1, 0.15) is 0 Å². The van der Waals surface area contributed by atoms with Crippen molar-refractivity contribution in [3.8, 4) is 0 Å². The van der Waals surface area contributed by atoms with Gasteiger partial charge in [-0.2, -0.15) is 0 Å².